The monoisotopic (exact) mass is 341 g/mol. The van der Waals surface area contributed by atoms with Gasteiger partial charge in [0, 0.05) is 11.9 Å². The number of nitrogens with zero attached hydrogens (tertiary/aromatic N) is 1. The lowest BCUT2D eigenvalue weighted by Gasteiger charge is -2.17. The molecule has 1 unspecified atom stereocenters. The second-order valence-corrected chi connectivity index (χ2v) is 5.18. The fourth-order valence-electron chi connectivity index (χ4n) is 1.72. The molecule has 0 saturated carbocycles. The molecule has 1 heterocycles. The molecule has 1 aromatic heterocycles. The van der Waals surface area contributed by atoms with Gasteiger partial charge in [0.2, 0.25) is 0 Å². The number of H-pyrrole nitrogens is 1. The zero-order chi connectivity index (χ0) is 13.7. The highest BCUT2D eigenvalue weighted by Gasteiger charge is 2.12. The van der Waals surface area contributed by atoms with Gasteiger partial charge in [0.05, 0.1) is 6.33 Å². The minimum atomic E-state index is -0.217. The Morgan fingerprint density at radius 1 is 1.37 bits per heavy atom. The standard InChI is InChI=1S/C13H13BrClN3O/c14-11-12(16-8-17-13(11)19)18-10(7-15)6-9-4-2-1-3-5-9/h1-5,8,10H,6-7H2,(H2,16,17,18,19). The largest absolute Gasteiger partial charge is 0.365 e. The fraction of sp³-hybridized carbons (Fsp3) is 0.231. The number of alkyl halides is 1. The van der Waals surface area contributed by atoms with Gasteiger partial charge in [0.25, 0.3) is 5.56 Å². The lowest BCUT2D eigenvalue weighted by Crippen LogP contribution is -2.26. The SMILES string of the molecule is O=c1[nH]cnc(NC(CCl)Cc2ccccc2)c1Br. The van der Waals surface area contributed by atoms with E-state index >= 15 is 0 Å². The van der Waals surface area contributed by atoms with Gasteiger partial charge in [-0.3, -0.25) is 4.79 Å². The van der Waals surface area contributed by atoms with Crippen LogP contribution in [-0.2, 0) is 6.42 Å². The molecule has 0 saturated heterocycles. The Hall–Kier alpha value is -1.33. The van der Waals surface area contributed by atoms with E-state index in [4.69, 9.17) is 11.6 Å². The van der Waals surface area contributed by atoms with Crippen molar-refractivity contribution in [2.45, 2.75) is 12.5 Å². The molecule has 0 aliphatic carbocycles. The molecule has 2 aromatic rings. The first kappa shape index (κ1) is 14.1. The maximum atomic E-state index is 11.5. The molecular weight excluding hydrogens is 330 g/mol. The van der Waals surface area contributed by atoms with Crippen LogP contribution in [-0.4, -0.2) is 21.9 Å². The quantitative estimate of drug-likeness (QED) is 0.822. The number of hydrogen-bond acceptors (Lipinski definition) is 3. The molecule has 0 fully saturated rings. The molecule has 1 atom stereocenters. The Morgan fingerprint density at radius 3 is 2.79 bits per heavy atom. The molecule has 0 amide bonds. The zero-order valence-corrected chi connectivity index (χ0v) is 12.4. The number of benzene rings is 1. The Labute approximate surface area is 124 Å². The molecule has 0 spiro atoms. The number of aromatic amines is 1. The van der Waals surface area contributed by atoms with Crippen LogP contribution in [0.1, 0.15) is 5.56 Å². The van der Waals surface area contributed by atoms with Gasteiger partial charge >= 0.3 is 0 Å². The second kappa shape index (κ2) is 6.73. The second-order valence-electron chi connectivity index (χ2n) is 4.08. The number of rotatable bonds is 5. The van der Waals surface area contributed by atoms with E-state index in [0.717, 1.165) is 6.42 Å². The van der Waals surface area contributed by atoms with E-state index in [1.165, 1.54) is 11.9 Å². The van der Waals surface area contributed by atoms with Crippen LogP contribution in [0.5, 0.6) is 0 Å². The summed E-state index contributed by atoms with van der Waals surface area (Å²) in [6.45, 7) is 0. The maximum Gasteiger partial charge on any atom is 0.267 e. The molecule has 0 aliphatic rings. The Bertz CT molecular complexity index is 588. The Kier molecular flexibility index (Phi) is 4.99. The summed E-state index contributed by atoms with van der Waals surface area (Å²) < 4.78 is 0.387. The van der Waals surface area contributed by atoms with Crippen molar-refractivity contribution >= 4 is 33.3 Å². The van der Waals surface area contributed by atoms with Gasteiger partial charge in [0.1, 0.15) is 10.3 Å². The molecule has 6 heteroatoms. The van der Waals surface area contributed by atoms with Crippen LogP contribution in [0, 0.1) is 0 Å². The smallest absolute Gasteiger partial charge is 0.267 e. The summed E-state index contributed by atoms with van der Waals surface area (Å²) >= 11 is 9.18. The lowest BCUT2D eigenvalue weighted by atomic mass is 10.1. The zero-order valence-electron chi connectivity index (χ0n) is 10.1. The molecule has 0 aliphatic heterocycles. The summed E-state index contributed by atoms with van der Waals surface area (Å²) in [6, 6.07) is 10.0. The van der Waals surface area contributed by atoms with Gasteiger partial charge in [-0.2, -0.15) is 0 Å². The molecule has 2 rings (SSSR count). The van der Waals surface area contributed by atoms with Crippen molar-refractivity contribution in [3.05, 3.63) is 57.0 Å². The third-order valence-electron chi connectivity index (χ3n) is 2.65. The maximum absolute atomic E-state index is 11.5. The number of aromatic nitrogens is 2. The molecule has 2 N–H and O–H groups in total. The average Bonchev–Trinajstić information content (AvgIpc) is 2.44. The van der Waals surface area contributed by atoms with Crippen LogP contribution >= 0.6 is 27.5 Å². The first-order valence-electron chi connectivity index (χ1n) is 5.80. The molecule has 0 radical (unpaired) electrons. The van der Waals surface area contributed by atoms with E-state index in [1.807, 2.05) is 30.3 Å². The first-order valence-corrected chi connectivity index (χ1v) is 7.13. The van der Waals surface area contributed by atoms with Gasteiger partial charge in [-0.15, -0.1) is 11.6 Å². The number of halogens is 2. The van der Waals surface area contributed by atoms with Crippen molar-refractivity contribution in [2.24, 2.45) is 0 Å². The van der Waals surface area contributed by atoms with Crippen LogP contribution < -0.4 is 10.9 Å². The summed E-state index contributed by atoms with van der Waals surface area (Å²) in [5.41, 5.74) is 0.965. The minimum absolute atomic E-state index is 0.00895. The van der Waals surface area contributed by atoms with Crippen LogP contribution in [0.3, 0.4) is 0 Å². The predicted molar refractivity (Wildman–Crippen MR) is 80.8 cm³/mol. The highest BCUT2D eigenvalue weighted by Crippen LogP contribution is 2.16. The summed E-state index contributed by atoms with van der Waals surface area (Å²) in [4.78, 5) is 18.0. The van der Waals surface area contributed by atoms with Crippen molar-refractivity contribution in [1.29, 1.82) is 0 Å². The van der Waals surface area contributed by atoms with Crippen LogP contribution in [0.4, 0.5) is 5.82 Å². The van der Waals surface area contributed by atoms with Crippen LogP contribution in [0.25, 0.3) is 0 Å². The fourth-order valence-corrected chi connectivity index (χ4v) is 2.24. The van der Waals surface area contributed by atoms with Gasteiger partial charge in [-0.1, -0.05) is 30.3 Å². The van der Waals surface area contributed by atoms with Crippen molar-refractivity contribution < 1.29 is 0 Å². The van der Waals surface area contributed by atoms with E-state index < -0.39 is 0 Å². The highest BCUT2D eigenvalue weighted by molar-refractivity contribution is 9.10. The van der Waals surface area contributed by atoms with Gasteiger partial charge in [-0.25, -0.2) is 4.98 Å². The highest BCUT2D eigenvalue weighted by atomic mass is 79.9. The molecular formula is C13H13BrClN3O. The molecule has 100 valence electrons. The van der Waals surface area contributed by atoms with Crippen molar-refractivity contribution in [2.75, 3.05) is 11.2 Å². The summed E-state index contributed by atoms with van der Waals surface area (Å²) in [6.07, 6.45) is 2.13. The Morgan fingerprint density at radius 2 is 2.11 bits per heavy atom. The predicted octanol–water partition coefficient (Wildman–Crippen LogP) is 2.79. The van der Waals surface area contributed by atoms with Gasteiger partial charge in [0.15, 0.2) is 0 Å². The molecule has 4 nitrogen and oxygen atoms in total. The van der Waals surface area contributed by atoms with Crippen LogP contribution in [0.15, 0.2) is 45.9 Å². The minimum Gasteiger partial charge on any atom is -0.365 e. The normalized spacial score (nSPS) is 12.1. The molecule has 0 bridgehead atoms. The lowest BCUT2D eigenvalue weighted by molar-refractivity contribution is 0.788. The third-order valence-corrected chi connectivity index (χ3v) is 3.76. The summed E-state index contributed by atoms with van der Waals surface area (Å²) in [7, 11) is 0. The van der Waals surface area contributed by atoms with E-state index in [9.17, 15) is 4.79 Å². The summed E-state index contributed by atoms with van der Waals surface area (Å²) in [5.74, 6) is 0.931. The molecule has 1 aromatic carbocycles. The van der Waals surface area contributed by atoms with E-state index in [0.29, 0.717) is 16.2 Å². The number of hydrogen-bond donors (Lipinski definition) is 2. The number of anilines is 1. The van der Waals surface area contributed by atoms with Gasteiger partial charge < -0.3 is 10.3 Å². The Balaban J connectivity index is 2.11. The average molecular weight is 343 g/mol. The molecule has 19 heavy (non-hydrogen) atoms. The van der Waals surface area contributed by atoms with Gasteiger partial charge in [-0.05, 0) is 27.9 Å². The summed E-state index contributed by atoms with van der Waals surface area (Å²) in [5, 5.41) is 3.18. The van der Waals surface area contributed by atoms with Crippen LogP contribution in [0.2, 0.25) is 0 Å². The van der Waals surface area contributed by atoms with E-state index in [-0.39, 0.29) is 11.6 Å². The first-order chi connectivity index (χ1) is 9.20. The third kappa shape index (κ3) is 3.81. The van der Waals surface area contributed by atoms with Crippen molar-refractivity contribution in [1.82, 2.24) is 9.97 Å². The van der Waals surface area contributed by atoms with E-state index in [2.05, 4.69) is 31.2 Å². The van der Waals surface area contributed by atoms with Crippen molar-refractivity contribution in [3.8, 4) is 0 Å². The van der Waals surface area contributed by atoms with E-state index in [1.54, 1.807) is 0 Å². The topological polar surface area (TPSA) is 57.8 Å². The number of nitrogens with one attached hydrogen (secondary N) is 2. The van der Waals surface area contributed by atoms with Crippen molar-refractivity contribution in [3.63, 3.8) is 0 Å².